The summed E-state index contributed by atoms with van der Waals surface area (Å²) >= 11 is 0. The number of piperazine rings is 1. The summed E-state index contributed by atoms with van der Waals surface area (Å²) in [5, 5.41) is 0. The first-order chi connectivity index (χ1) is 17.1. The summed E-state index contributed by atoms with van der Waals surface area (Å²) in [6, 6.07) is 23.9. The maximum Gasteiger partial charge on any atom is 0.253 e. The Morgan fingerprint density at radius 1 is 0.886 bits per heavy atom. The van der Waals surface area contributed by atoms with E-state index >= 15 is 0 Å². The molecule has 35 heavy (non-hydrogen) atoms. The highest BCUT2D eigenvalue weighted by molar-refractivity contribution is 5.94. The van der Waals surface area contributed by atoms with E-state index in [0.717, 1.165) is 55.3 Å². The Morgan fingerprint density at radius 3 is 2.37 bits per heavy atom. The molecule has 0 atom stereocenters. The highest BCUT2D eigenvalue weighted by Crippen LogP contribution is 2.25. The van der Waals surface area contributed by atoms with E-state index in [1.165, 1.54) is 5.56 Å². The summed E-state index contributed by atoms with van der Waals surface area (Å²) in [5.74, 6) is 1.65. The van der Waals surface area contributed by atoms with Crippen molar-refractivity contribution in [1.29, 1.82) is 0 Å². The summed E-state index contributed by atoms with van der Waals surface area (Å²) in [6.45, 7) is 8.96. The van der Waals surface area contributed by atoms with Crippen LogP contribution in [0.3, 0.4) is 0 Å². The molecule has 1 aliphatic heterocycles. The third-order valence-electron chi connectivity index (χ3n) is 6.22. The molecule has 1 heterocycles. The molecule has 1 amide bonds. The van der Waals surface area contributed by atoms with Crippen LogP contribution in [0.2, 0.25) is 0 Å². The van der Waals surface area contributed by atoms with E-state index < -0.39 is 0 Å². The molecule has 0 radical (unpaired) electrons. The van der Waals surface area contributed by atoms with E-state index in [4.69, 9.17) is 9.47 Å². The fourth-order valence-electron chi connectivity index (χ4n) is 4.21. The molecule has 182 valence electrons. The lowest BCUT2D eigenvalue weighted by Gasteiger charge is -2.34. The molecule has 1 fully saturated rings. The predicted octanol–water partition coefficient (Wildman–Crippen LogP) is 5.44. The van der Waals surface area contributed by atoms with Gasteiger partial charge in [-0.2, -0.15) is 0 Å². The van der Waals surface area contributed by atoms with E-state index in [-0.39, 0.29) is 5.91 Å². The summed E-state index contributed by atoms with van der Waals surface area (Å²) in [6.07, 6.45) is 4.35. The molecular weight excluding hydrogens is 436 g/mol. The Morgan fingerprint density at radius 2 is 1.63 bits per heavy atom. The van der Waals surface area contributed by atoms with Crippen LogP contribution in [-0.4, -0.2) is 55.0 Å². The van der Waals surface area contributed by atoms with Crippen molar-refractivity contribution in [1.82, 2.24) is 9.80 Å². The van der Waals surface area contributed by atoms with Crippen LogP contribution in [0.5, 0.6) is 11.5 Å². The number of carbonyl (C=O) groups excluding carboxylic acids is 1. The lowest BCUT2D eigenvalue weighted by Crippen LogP contribution is -2.48. The minimum Gasteiger partial charge on any atom is -0.493 e. The van der Waals surface area contributed by atoms with Crippen molar-refractivity contribution in [2.24, 2.45) is 0 Å². The number of ether oxygens (including phenoxy) is 2. The topological polar surface area (TPSA) is 42.0 Å². The van der Waals surface area contributed by atoms with Gasteiger partial charge in [0.1, 0.15) is 18.1 Å². The molecule has 1 saturated heterocycles. The molecule has 5 heteroatoms. The van der Waals surface area contributed by atoms with Crippen molar-refractivity contribution in [2.45, 2.75) is 20.5 Å². The molecule has 0 aromatic heterocycles. The van der Waals surface area contributed by atoms with Crippen molar-refractivity contribution in [2.75, 3.05) is 39.3 Å². The molecule has 0 N–H and O–H groups in total. The first-order valence-corrected chi connectivity index (χ1v) is 12.3. The second-order valence-corrected chi connectivity index (χ2v) is 8.72. The SMILES string of the molecule is CCOc1ccc(C(=O)N2CCN(C/C=C/c3ccccc3)CC2)cc1COc1ccccc1C. The van der Waals surface area contributed by atoms with Gasteiger partial charge < -0.3 is 14.4 Å². The van der Waals surface area contributed by atoms with Gasteiger partial charge in [0.15, 0.2) is 0 Å². The van der Waals surface area contributed by atoms with Gasteiger partial charge in [-0.3, -0.25) is 9.69 Å². The number of amides is 1. The molecule has 0 spiro atoms. The van der Waals surface area contributed by atoms with E-state index in [1.54, 1.807) is 0 Å². The van der Waals surface area contributed by atoms with Gasteiger partial charge in [-0.25, -0.2) is 0 Å². The highest BCUT2D eigenvalue weighted by atomic mass is 16.5. The zero-order valence-corrected chi connectivity index (χ0v) is 20.7. The number of para-hydroxylation sites is 1. The number of hydrogen-bond donors (Lipinski definition) is 0. The first-order valence-electron chi connectivity index (χ1n) is 12.3. The molecule has 3 aromatic carbocycles. The molecule has 0 bridgehead atoms. The molecule has 5 nitrogen and oxygen atoms in total. The average Bonchev–Trinajstić information content (AvgIpc) is 2.90. The lowest BCUT2D eigenvalue weighted by atomic mass is 10.1. The summed E-state index contributed by atoms with van der Waals surface area (Å²) in [5.41, 5.74) is 3.84. The van der Waals surface area contributed by atoms with Gasteiger partial charge in [0.25, 0.3) is 5.91 Å². The fourth-order valence-corrected chi connectivity index (χ4v) is 4.21. The van der Waals surface area contributed by atoms with Gasteiger partial charge in [-0.15, -0.1) is 0 Å². The van der Waals surface area contributed by atoms with E-state index in [2.05, 4.69) is 29.2 Å². The maximum absolute atomic E-state index is 13.3. The minimum absolute atomic E-state index is 0.0599. The highest BCUT2D eigenvalue weighted by Gasteiger charge is 2.22. The van der Waals surface area contributed by atoms with Crippen LogP contribution in [0.25, 0.3) is 6.08 Å². The Kier molecular flexibility index (Phi) is 8.58. The van der Waals surface area contributed by atoms with Gasteiger partial charge in [-0.1, -0.05) is 60.7 Å². The second kappa shape index (κ2) is 12.2. The minimum atomic E-state index is 0.0599. The van der Waals surface area contributed by atoms with Gasteiger partial charge in [0.05, 0.1) is 6.61 Å². The lowest BCUT2D eigenvalue weighted by molar-refractivity contribution is 0.0650. The van der Waals surface area contributed by atoms with Gasteiger partial charge >= 0.3 is 0 Å². The number of nitrogens with zero attached hydrogens (tertiary/aromatic N) is 2. The molecular formula is C30H34N2O3. The predicted molar refractivity (Wildman–Crippen MR) is 141 cm³/mol. The number of benzene rings is 3. The van der Waals surface area contributed by atoms with Crippen LogP contribution >= 0.6 is 0 Å². The van der Waals surface area contributed by atoms with Crippen molar-refractivity contribution in [3.63, 3.8) is 0 Å². The number of rotatable bonds is 9. The van der Waals surface area contributed by atoms with Gasteiger partial charge in [0.2, 0.25) is 0 Å². The number of carbonyl (C=O) groups is 1. The summed E-state index contributed by atoms with van der Waals surface area (Å²) in [7, 11) is 0. The van der Waals surface area contributed by atoms with Crippen molar-refractivity contribution >= 4 is 12.0 Å². The first kappa shape index (κ1) is 24.6. The molecule has 1 aliphatic rings. The molecule has 4 rings (SSSR count). The molecule has 0 saturated carbocycles. The average molecular weight is 471 g/mol. The maximum atomic E-state index is 13.3. The zero-order valence-electron chi connectivity index (χ0n) is 20.7. The monoisotopic (exact) mass is 470 g/mol. The zero-order chi connectivity index (χ0) is 24.5. The molecule has 0 unspecified atom stereocenters. The van der Waals surface area contributed by atoms with E-state index in [1.807, 2.05) is 79.4 Å². The van der Waals surface area contributed by atoms with Crippen molar-refractivity contribution in [3.8, 4) is 11.5 Å². The summed E-state index contributed by atoms with van der Waals surface area (Å²) < 4.78 is 11.9. The van der Waals surface area contributed by atoms with Gasteiger partial charge in [0, 0.05) is 43.9 Å². The van der Waals surface area contributed by atoms with Crippen molar-refractivity contribution < 1.29 is 14.3 Å². The quantitative estimate of drug-likeness (QED) is 0.417. The molecule has 0 aliphatic carbocycles. The van der Waals surface area contributed by atoms with Crippen LogP contribution in [-0.2, 0) is 6.61 Å². The van der Waals surface area contributed by atoms with Crippen molar-refractivity contribution in [3.05, 3.63) is 101 Å². The largest absolute Gasteiger partial charge is 0.493 e. The number of aryl methyl sites for hydroxylation is 1. The van der Waals surface area contributed by atoms with Crippen LogP contribution in [0, 0.1) is 6.92 Å². The normalized spacial score (nSPS) is 14.3. The third kappa shape index (κ3) is 6.74. The van der Waals surface area contributed by atoms with Crippen LogP contribution in [0.15, 0.2) is 78.9 Å². The standard InChI is InChI=1S/C30H34N2O3/c1-3-34-29-16-15-26(22-27(29)23-35-28-14-8-7-10-24(28)2)30(33)32-20-18-31(19-21-32)17-9-13-25-11-5-4-6-12-25/h4-16,22H,3,17-21,23H2,1-2H3/b13-9+. The van der Waals surface area contributed by atoms with Crippen LogP contribution in [0.1, 0.15) is 34.0 Å². The second-order valence-electron chi connectivity index (χ2n) is 8.72. The van der Waals surface area contributed by atoms with Crippen LogP contribution in [0.4, 0.5) is 0 Å². The Hall–Kier alpha value is -3.57. The Labute approximate surface area is 208 Å². The Bertz CT molecular complexity index is 1140. The Balaban J connectivity index is 1.36. The third-order valence-corrected chi connectivity index (χ3v) is 6.22. The number of hydrogen-bond acceptors (Lipinski definition) is 4. The fraction of sp³-hybridized carbons (Fsp3) is 0.300. The van der Waals surface area contributed by atoms with E-state index in [9.17, 15) is 4.79 Å². The summed E-state index contributed by atoms with van der Waals surface area (Å²) in [4.78, 5) is 17.6. The smallest absolute Gasteiger partial charge is 0.253 e. The molecule has 3 aromatic rings. The van der Waals surface area contributed by atoms with E-state index in [0.29, 0.717) is 18.8 Å². The van der Waals surface area contributed by atoms with Gasteiger partial charge in [-0.05, 0) is 49.2 Å². The van der Waals surface area contributed by atoms with Crippen LogP contribution < -0.4 is 9.47 Å².